The number of rotatable bonds is 6. The molecule has 2 aromatic heterocycles. The third-order valence-corrected chi connectivity index (χ3v) is 3.68. The van der Waals surface area contributed by atoms with E-state index in [1.807, 2.05) is 0 Å². The molecule has 0 unspecified atom stereocenters. The molecular formula is C17H20N2O5. The number of carbonyl (C=O) groups is 3. The van der Waals surface area contributed by atoms with Crippen LogP contribution in [0.4, 0.5) is 0 Å². The minimum atomic E-state index is -0.495. The van der Waals surface area contributed by atoms with E-state index in [-0.39, 0.29) is 18.1 Å². The number of nitrogens with one attached hydrogen (secondary N) is 2. The minimum absolute atomic E-state index is 0.144. The Hall–Kier alpha value is -2.83. The predicted octanol–water partition coefficient (Wildman–Crippen LogP) is 2.41. The van der Waals surface area contributed by atoms with Gasteiger partial charge in [-0.1, -0.05) is 0 Å². The first kappa shape index (κ1) is 17.5. The van der Waals surface area contributed by atoms with Crippen LogP contribution >= 0.6 is 0 Å². The fraction of sp³-hybridized carbons (Fsp3) is 0.353. The molecule has 24 heavy (non-hydrogen) atoms. The van der Waals surface area contributed by atoms with E-state index in [0.717, 1.165) is 5.69 Å². The summed E-state index contributed by atoms with van der Waals surface area (Å²) < 4.78 is 9.66. The van der Waals surface area contributed by atoms with Gasteiger partial charge >= 0.3 is 11.9 Å². The van der Waals surface area contributed by atoms with Crippen molar-refractivity contribution < 1.29 is 23.9 Å². The van der Waals surface area contributed by atoms with Crippen molar-refractivity contribution in [3.8, 4) is 0 Å². The van der Waals surface area contributed by atoms with Crippen LogP contribution in [0.3, 0.4) is 0 Å². The molecule has 128 valence electrons. The van der Waals surface area contributed by atoms with Gasteiger partial charge in [0.05, 0.1) is 13.7 Å². The van der Waals surface area contributed by atoms with Crippen molar-refractivity contribution in [1.82, 2.24) is 9.97 Å². The first-order chi connectivity index (χ1) is 11.4. The van der Waals surface area contributed by atoms with Crippen LogP contribution in [0.2, 0.25) is 0 Å². The average Bonchev–Trinajstić information content (AvgIpc) is 3.12. The standard InChI is InChI=1S/C17H20N2O5/c1-5-24-17(22)15-9(2)14(10(3)20)13(19-15)8-11-6-7-12(18-11)16(21)23-4/h6-7,18-19H,5,8H2,1-4H3. The molecule has 2 rings (SSSR count). The number of ketones is 1. The molecule has 0 amide bonds. The lowest BCUT2D eigenvalue weighted by molar-refractivity contribution is 0.0518. The Morgan fingerprint density at radius 2 is 1.83 bits per heavy atom. The van der Waals surface area contributed by atoms with Crippen LogP contribution in [-0.4, -0.2) is 41.4 Å². The van der Waals surface area contributed by atoms with Crippen molar-refractivity contribution in [3.05, 3.63) is 46.0 Å². The van der Waals surface area contributed by atoms with Gasteiger partial charge in [0, 0.05) is 23.4 Å². The maximum Gasteiger partial charge on any atom is 0.355 e. The molecule has 0 aromatic carbocycles. The highest BCUT2D eigenvalue weighted by Crippen LogP contribution is 2.22. The van der Waals surface area contributed by atoms with Crippen LogP contribution in [-0.2, 0) is 15.9 Å². The second-order valence-corrected chi connectivity index (χ2v) is 5.32. The number of carbonyl (C=O) groups excluding carboxylic acids is 3. The Bertz CT molecular complexity index is 785. The van der Waals surface area contributed by atoms with Crippen LogP contribution in [0.25, 0.3) is 0 Å². The third-order valence-electron chi connectivity index (χ3n) is 3.68. The van der Waals surface area contributed by atoms with E-state index in [0.29, 0.717) is 28.9 Å². The van der Waals surface area contributed by atoms with Gasteiger partial charge in [0.15, 0.2) is 5.78 Å². The zero-order valence-electron chi connectivity index (χ0n) is 14.1. The molecule has 0 spiro atoms. The van der Waals surface area contributed by atoms with Gasteiger partial charge in [0.2, 0.25) is 0 Å². The topological polar surface area (TPSA) is 101 Å². The lowest BCUT2D eigenvalue weighted by Crippen LogP contribution is -2.07. The van der Waals surface area contributed by atoms with E-state index >= 15 is 0 Å². The number of esters is 2. The SMILES string of the molecule is CCOC(=O)c1[nH]c(Cc2ccc(C(=O)OC)[nH]2)c(C(C)=O)c1C. The first-order valence-corrected chi connectivity index (χ1v) is 7.54. The molecule has 0 aliphatic heterocycles. The van der Waals surface area contributed by atoms with E-state index in [1.54, 1.807) is 26.0 Å². The molecule has 0 radical (unpaired) electrons. The summed E-state index contributed by atoms with van der Waals surface area (Å²) in [7, 11) is 1.30. The van der Waals surface area contributed by atoms with Gasteiger partial charge < -0.3 is 19.4 Å². The molecule has 0 saturated carbocycles. The van der Waals surface area contributed by atoms with Crippen molar-refractivity contribution in [2.45, 2.75) is 27.2 Å². The smallest absolute Gasteiger partial charge is 0.355 e. The lowest BCUT2D eigenvalue weighted by atomic mass is 10.0. The molecule has 0 bridgehead atoms. The molecular weight excluding hydrogens is 312 g/mol. The Balaban J connectivity index is 2.37. The van der Waals surface area contributed by atoms with Gasteiger partial charge in [-0.05, 0) is 38.5 Å². The van der Waals surface area contributed by atoms with Crippen molar-refractivity contribution in [2.24, 2.45) is 0 Å². The van der Waals surface area contributed by atoms with E-state index in [4.69, 9.17) is 4.74 Å². The number of Topliss-reactive ketones (excluding diaryl/α,β-unsaturated/α-hetero) is 1. The molecule has 2 heterocycles. The summed E-state index contributed by atoms with van der Waals surface area (Å²) in [5, 5.41) is 0. The van der Waals surface area contributed by atoms with Crippen molar-refractivity contribution in [1.29, 1.82) is 0 Å². The Morgan fingerprint density at radius 3 is 2.42 bits per heavy atom. The largest absolute Gasteiger partial charge is 0.464 e. The zero-order valence-corrected chi connectivity index (χ0v) is 14.1. The van der Waals surface area contributed by atoms with Crippen molar-refractivity contribution >= 4 is 17.7 Å². The highest BCUT2D eigenvalue weighted by atomic mass is 16.5. The monoisotopic (exact) mass is 332 g/mol. The van der Waals surface area contributed by atoms with Crippen LogP contribution in [0.15, 0.2) is 12.1 Å². The number of hydrogen-bond acceptors (Lipinski definition) is 5. The molecule has 2 N–H and O–H groups in total. The summed E-state index contributed by atoms with van der Waals surface area (Å²) in [5.74, 6) is -1.11. The molecule has 0 fully saturated rings. The number of aromatic amines is 2. The Morgan fingerprint density at radius 1 is 1.12 bits per heavy atom. The van der Waals surface area contributed by atoms with Crippen molar-refractivity contribution in [2.75, 3.05) is 13.7 Å². The second-order valence-electron chi connectivity index (χ2n) is 5.32. The highest BCUT2D eigenvalue weighted by molar-refractivity contribution is 6.01. The van der Waals surface area contributed by atoms with Crippen LogP contribution < -0.4 is 0 Å². The molecule has 7 heteroatoms. The summed E-state index contributed by atoms with van der Waals surface area (Å²) in [4.78, 5) is 41.4. The number of hydrogen-bond donors (Lipinski definition) is 2. The van der Waals surface area contributed by atoms with E-state index in [9.17, 15) is 14.4 Å². The maximum atomic E-state index is 12.0. The summed E-state index contributed by atoms with van der Waals surface area (Å²) >= 11 is 0. The fourth-order valence-electron chi connectivity index (χ4n) is 2.64. The van der Waals surface area contributed by atoms with Gasteiger partial charge in [0.25, 0.3) is 0 Å². The maximum absolute atomic E-state index is 12.0. The fourth-order valence-corrected chi connectivity index (χ4v) is 2.64. The summed E-state index contributed by atoms with van der Waals surface area (Å²) in [6.45, 7) is 5.12. The van der Waals surface area contributed by atoms with Crippen LogP contribution in [0.5, 0.6) is 0 Å². The van der Waals surface area contributed by atoms with E-state index in [1.165, 1.54) is 14.0 Å². The molecule has 7 nitrogen and oxygen atoms in total. The van der Waals surface area contributed by atoms with Gasteiger partial charge in [-0.3, -0.25) is 4.79 Å². The number of aromatic nitrogens is 2. The van der Waals surface area contributed by atoms with Gasteiger partial charge in [-0.25, -0.2) is 9.59 Å². The number of ether oxygens (including phenoxy) is 2. The van der Waals surface area contributed by atoms with Gasteiger partial charge in [0.1, 0.15) is 11.4 Å². The van der Waals surface area contributed by atoms with Crippen LogP contribution in [0, 0.1) is 6.92 Å². The quantitative estimate of drug-likeness (QED) is 0.625. The first-order valence-electron chi connectivity index (χ1n) is 7.54. The minimum Gasteiger partial charge on any atom is -0.464 e. The molecule has 2 aromatic rings. The zero-order chi connectivity index (χ0) is 17.9. The molecule has 0 aliphatic rings. The molecule has 0 saturated heterocycles. The highest BCUT2D eigenvalue weighted by Gasteiger charge is 2.23. The number of H-pyrrole nitrogens is 2. The molecule has 0 aliphatic carbocycles. The Labute approximate surface area is 139 Å². The Kier molecular flexibility index (Phi) is 5.23. The van der Waals surface area contributed by atoms with Crippen molar-refractivity contribution in [3.63, 3.8) is 0 Å². The van der Waals surface area contributed by atoms with E-state index in [2.05, 4.69) is 14.7 Å². The summed E-state index contributed by atoms with van der Waals surface area (Å²) in [5.41, 5.74) is 2.95. The normalized spacial score (nSPS) is 10.5. The summed E-state index contributed by atoms with van der Waals surface area (Å²) in [6, 6.07) is 3.34. The van der Waals surface area contributed by atoms with Gasteiger partial charge in [-0.15, -0.1) is 0 Å². The number of methoxy groups -OCH3 is 1. The second kappa shape index (κ2) is 7.16. The summed E-state index contributed by atoms with van der Waals surface area (Å²) in [6.07, 6.45) is 0.339. The third kappa shape index (κ3) is 3.40. The predicted molar refractivity (Wildman–Crippen MR) is 86.4 cm³/mol. The van der Waals surface area contributed by atoms with Gasteiger partial charge in [-0.2, -0.15) is 0 Å². The average molecular weight is 332 g/mol. The molecule has 0 atom stereocenters. The lowest BCUT2D eigenvalue weighted by Gasteiger charge is -2.01. The van der Waals surface area contributed by atoms with E-state index < -0.39 is 11.9 Å². The van der Waals surface area contributed by atoms with Crippen LogP contribution in [0.1, 0.15) is 62.1 Å².